The molecule has 0 spiro atoms. The van der Waals surface area contributed by atoms with Gasteiger partial charge in [-0.15, -0.1) is 13.2 Å². The van der Waals surface area contributed by atoms with Gasteiger partial charge in [0, 0.05) is 30.2 Å². The quantitative estimate of drug-likeness (QED) is 0.223. The lowest BCUT2D eigenvalue weighted by Crippen LogP contribution is -2.26. The summed E-state index contributed by atoms with van der Waals surface area (Å²) in [7, 11) is -1.72. The molecule has 1 aromatic heterocycles. The zero-order valence-corrected chi connectivity index (χ0v) is 23.0. The van der Waals surface area contributed by atoms with Crippen molar-refractivity contribution in [2.75, 3.05) is 17.7 Å². The lowest BCUT2D eigenvalue weighted by Gasteiger charge is -2.12. The number of rotatable bonds is 9. The minimum atomic E-state index is -4.81. The van der Waals surface area contributed by atoms with Crippen molar-refractivity contribution in [3.8, 4) is 17.1 Å². The molecule has 0 bridgehead atoms. The van der Waals surface area contributed by atoms with Gasteiger partial charge >= 0.3 is 6.36 Å². The van der Waals surface area contributed by atoms with Gasteiger partial charge in [-0.1, -0.05) is 17.7 Å². The van der Waals surface area contributed by atoms with Gasteiger partial charge in [0.05, 0.1) is 21.4 Å². The van der Waals surface area contributed by atoms with E-state index in [2.05, 4.69) is 30.1 Å². The number of halogens is 4. The fraction of sp³-hybridized carbons (Fsp3) is 0.222. The molecule has 41 heavy (non-hydrogen) atoms. The molecular weight excluding hydrogens is 583 g/mol. The monoisotopic (exact) mass is 605 g/mol. The Kier molecular flexibility index (Phi) is 7.77. The molecule has 0 radical (unpaired) electrons. The molecular formula is C27H23ClF3N5O4S. The summed E-state index contributed by atoms with van der Waals surface area (Å²) in [6.07, 6.45) is -3.53. The smallest absolute Gasteiger partial charge is 0.406 e. The summed E-state index contributed by atoms with van der Waals surface area (Å²) in [5.41, 5.74) is 2.05. The van der Waals surface area contributed by atoms with E-state index in [4.69, 9.17) is 11.6 Å². The summed E-state index contributed by atoms with van der Waals surface area (Å²) in [4.78, 5) is 22.1. The zero-order valence-electron chi connectivity index (χ0n) is 21.4. The summed E-state index contributed by atoms with van der Waals surface area (Å²) in [6.45, 7) is 0.0298. The van der Waals surface area contributed by atoms with Gasteiger partial charge in [-0.05, 0) is 73.0 Å². The third kappa shape index (κ3) is 6.87. The normalized spacial score (nSPS) is 13.7. The molecule has 1 aliphatic rings. The summed E-state index contributed by atoms with van der Waals surface area (Å²) < 4.78 is 68.3. The standard InChI is InChI=1S/C27H23ClF3N5O4S/c1-32-25-20-10-5-17(13-23(20)35-24(36-25)16-3-6-18(7-4-16)40-27(29,30)31)34-26(37)21-12-15(2-11-22(21)28)14-33-41(38,39)19-8-9-19/h2-7,10-13,19,33H,8-9,14H2,1H3,(H,34,37)(H,32,35,36). The number of fused-ring (bicyclic) bond motifs is 1. The van der Waals surface area contributed by atoms with E-state index < -0.39 is 22.3 Å². The Bertz CT molecular complexity index is 1730. The van der Waals surface area contributed by atoms with Crippen LogP contribution in [0.3, 0.4) is 0 Å². The largest absolute Gasteiger partial charge is 0.573 e. The van der Waals surface area contributed by atoms with Gasteiger partial charge in [-0.3, -0.25) is 4.79 Å². The van der Waals surface area contributed by atoms with Gasteiger partial charge in [-0.2, -0.15) is 0 Å². The lowest BCUT2D eigenvalue weighted by atomic mass is 10.1. The van der Waals surface area contributed by atoms with Gasteiger partial charge in [0.15, 0.2) is 5.82 Å². The number of ether oxygens (including phenoxy) is 1. The molecule has 1 heterocycles. The van der Waals surface area contributed by atoms with Crippen LogP contribution in [0, 0.1) is 0 Å². The molecule has 14 heteroatoms. The van der Waals surface area contributed by atoms with Gasteiger partial charge in [-0.25, -0.2) is 23.1 Å². The van der Waals surface area contributed by atoms with E-state index in [0.717, 1.165) is 0 Å². The van der Waals surface area contributed by atoms with Crippen molar-refractivity contribution >= 4 is 49.9 Å². The predicted octanol–water partition coefficient (Wildman–Crippen LogP) is 5.72. The highest BCUT2D eigenvalue weighted by atomic mass is 35.5. The first kappa shape index (κ1) is 28.6. The Morgan fingerprint density at radius 1 is 1.05 bits per heavy atom. The maximum absolute atomic E-state index is 13.1. The van der Waals surface area contributed by atoms with Crippen LogP contribution in [-0.2, 0) is 16.6 Å². The first-order valence-corrected chi connectivity index (χ1v) is 14.3. The highest BCUT2D eigenvalue weighted by Crippen LogP contribution is 2.30. The molecule has 0 unspecified atom stereocenters. The number of anilines is 2. The molecule has 0 aliphatic heterocycles. The number of carbonyl (C=O) groups excluding carboxylic acids is 1. The van der Waals surface area contributed by atoms with Crippen LogP contribution >= 0.6 is 11.6 Å². The van der Waals surface area contributed by atoms with Gasteiger partial charge < -0.3 is 15.4 Å². The number of amides is 1. The van der Waals surface area contributed by atoms with Crippen LogP contribution in [0.4, 0.5) is 24.7 Å². The second-order valence-corrected chi connectivity index (χ2v) is 11.7. The second-order valence-electron chi connectivity index (χ2n) is 9.28. The van der Waals surface area contributed by atoms with Crippen molar-refractivity contribution in [2.24, 2.45) is 0 Å². The summed E-state index contributed by atoms with van der Waals surface area (Å²) in [5, 5.41) is 6.24. The number of nitrogens with one attached hydrogen (secondary N) is 3. The topological polar surface area (TPSA) is 122 Å². The van der Waals surface area contributed by atoms with Crippen molar-refractivity contribution in [1.82, 2.24) is 14.7 Å². The van der Waals surface area contributed by atoms with Crippen LogP contribution < -0.4 is 20.1 Å². The molecule has 1 amide bonds. The second kappa shape index (κ2) is 11.1. The minimum absolute atomic E-state index is 0.0298. The Labute approximate surface area is 238 Å². The number of sulfonamides is 1. The van der Waals surface area contributed by atoms with Crippen molar-refractivity contribution < 1.29 is 31.1 Å². The first-order valence-electron chi connectivity index (χ1n) is 12.4. The first-order chi connectivity index (χ1) is 19.4. The summed E-state index contributed by atoms with van der Waals surface area (Å²) >= 11 is 6.28. The van der Waals surface area contributed by atoms with E-state index in [0.29, 0.717) is 46.4 Å². The van der Waals surface area contributed by atoms with Crippen LogP contribution in [0.2, 0.25) is 5.02 Å². The van der Waals surface area contributed by atoms with Crippen LogP contribution in [0.25, 0.3) is 22.3 Å². The molecule has 3 aromatic carbocycles. The van der Waals surface area contributed by atoms with Crippen LogP contribution in [-0.4, -0.2) is 43.0 Å². The zero-order chi connectivity index (χ0) is 29.4. The number of nitrogens with zero attached hydrogens (tertiary/aromatic N) is 2. The third-order valence-electron chi connectivity index (χ3n) is 6.25. The van der Waals surface area contributed by atoms with E-state index >= 15 is 0 Å². The minimum Gasteiger partial charge on any atom is -0.406 e. The molecule has 1 fully saturated rings. The number of alkyl halides is 3. The number of benzene rings is 3. The summed E-state index contributed by atoms with van der Waals surface area (Å²) in [6, 6.07) is 14.9. The molecule has 3 N–H and O–H groups in total. The summed E-state index contributed by atoms with van der Waals surface area (Å²) in [5.74, 6) is -0.162. The Morgan fingerprint density at radius 2 is 1.78 bits per heavy atom. The number of hydrogen-bond donors (Lipinski definition) is 3. The fourth-order valence-electron chi connectivity index (χ4n) is 4.07. The molecule has 1 saturated carbocycles. The van der Waals surface area contributed by atoms with Crippen molar-refractivity contribution in [3.05, 3.63) is 76.8 Å². The number of hydrogen-bond acceptors (Lipinski definition) is 7. The highest BCUT2D eigenvalue weighted by molar-refractivity contribution is 7.90. The molecule has 9 nitrogen and oxygen atoms in total. The molecule has 214 valence electrons. The average Bonchev–Trinajstić information content (AvgIpc) is 3.78. The molecule has 0 atom stereocenters. The maximum atomic E-state index is 13.1. The third-order valence-corrected chi connectivity index (χ3v) is 8.48. The molecule has 4 aromatic rings. The van der Waals surface area contributed by atoms with E-state index in [1.807, 2.05) is 0 Å². The van der Waals surface area contributed by atoms with Crippen LogP contribution in [0.1, 0.15) is 28.8 Å². The number of carbonyl (C=O) groups is 1. The highest BCUT2D eigenvalue weighted by Gasteiger charge is 2.35. The SMILES string of the molecule is CNc1nc(-c2ccc(OC(F)(F)F)cc2)nc2cc(NC(=O)c3cc(CNS(=O)(=O)C4CC4)ccc3Cl)ccc12. The molecule has 1 aliphatic carbocycles. The maximum Gasteiger partial charge on any atom is 0.573 e. The van der Waals surface area contributed by atoms with Gasteiger partial charge in [0.1, 0.15) is 11.6 Å². The average molecular weight is 606 g/mol. The molecule has 5 rings (SSSR count). The van der Waals surface area contributed by atoms with Crippen molar-refractivity contribution in [2.45, 2.75) is 31.0 Å². The fourth-order valence-corrected chi connectivity index (χ4v) is 5.63. The molecule has 0 saturated heterocycles. The van der Waals surface area contributed by atoms with Crippen LogP contribution in [0.5, 0.6) is 5.75 Å². The Balaban J connectivity index is 1.38. The van der Waals surface area contributed by atoms with Gasteiger partial charge in [0.2, 0.25) is 10.0 Å². The van der Waals surface area contributed by atoms with E-state index in [-0.39, 0.29) is 34.0 Å². The van der Waals surface area contributed by atoms with Gasteiger partial charge in [0.25, 0.3) is 5.91 Å². The Hall–Kier alpha value is -3.94. The number of aromatic nitrogens is 2. The van der Waals surface area contributed by atoms with Crippen molar-refractivity contribution in [3.63, 3.8) is 0 Å². The Morgan fingerprint density at radius 3 is 2.44 bits per heavy atom. The predicted molar refractivity (Wildman–Crippen MR) is 149 cm³/mol. The van der Waals surface area contributed by atoms with E-state index in [1.165, 1.54) is 36.4 Å². The van der Waals surface area contributed by atoms with Crippen LogP contribution in [0.15, 0.2) is 60.7 Å². The van der Waals surface area contributed by atoms with E-state index in [1.54, 1.807) is 31.3 Å². The van der Waals surface area contributed by atoms with E-state index in [9.17, 15) is 26.4 Å². The van der Waals surface area contributed by atoms with Crippen molar-refractivity contribution in [1.29, 1.82) is 0 Å². The lowest BCUT2D eigenvalue weighted by molar-refractivity contribution is -0.274.